The zero-order valence-corrected chi connectivity index (χ0v) is 21.9. The molecule has 0 aliphatic rings. The van der Waals surface area contributed by atoms with Crippen LogP contribution in [0.5, 0.6) is 5.75 Å². The SMILES string of the molecule is COc1ccc(N(CC(C)O[Si](C)(C)C(C)(C)C)C(=O)c2c(Cl)ncnc2Cl)cc1C#N. The van der Waals surface area contributed by atoms with Crippen LogP contribution in [-0.2, 0) is 4.43 Å². The van der Waals surface area contributed by atoms with Crippen LogP contribution in [0.15, 0.2) is 24.5 Å². The van der Waals surface area contributed by atoms with Crippen molar-refractivity contribution in [2.75, 3.05) is 18.6 Å². The van der Waals surface area contributed by atoms with Crippen LogP contribution in [0.3, 0.4) is 0 Å². The number of halogens is 2. The molecule has 172 valence electrons. The first kappa shape index (κ1) is 26.1. The highest BCUT2D eigenvalue weighted by atomic mass is 35.5. The van der Waals surface area contributed by atoms with Crippen LogP contribution in [0, 0.1) is 11.3 Å². The molecule has 7 nitrogen and oxygen atoms in total. The molecule has 2 aromatic rings. The molecular weight excluding hydrogens is 467 g/mol. The number of rotatable bonds is 7. The number of hydrogen-bond acceptors (Lipinski definition) is 6. The average Bonchev–Trinajstić information content (AvgIpc) is 2.70. The van der Waals surface area contributed by atoms with Crippen molar-refractivity contribution in [2.24, 2.45) is 0 Å². The Balaban J connectivity index is 2.51. The topological polar surface area (TPSA) is 88.3 Å². The van der Waals surface area contributed by atoms with Crippen molar-refractivity contribution in [1.82, 2.24) is 9.97 Å². The van der Waals surface area contributed by atoms with E-state index in [9.17, 15) is 10.1 Å². The average molecular weight is 495 g/mol. The second-order valence-electron chi connectivity index (χ2n) is 8.93. The number of benzene rings is 1. The molecular formula is C22H28Cl2N4O3Si. The standard InChI is InChI=1S/C22H28Cl2N4O3Si/c1-14(31-32(6,7)22(2,3)4)12-28(16-8-9-17(30-5)15(10-16)11-25)21(29)18-19(23)26-13-27-20(18)24/h8-10,13-14H,12H2,1-7H3. The number of aromatic nitrogens is 2. The van der Waals surface area contributed by atoms with Crippen molar-refractivity contribution in [3.63, 3.8) is 0 Å². The Morgan fingerprint density at radius 3 is 2.34 bits per heavy atom. The molecule has 0 saturated carbocycles. The highest BCUT2D eigenvalue weighted by molar-refractivity contribution is 6.74. The van der Waals surface area contributed by atoms with Crippen LogP contribution < -0.4 is 9.64 Å². The first-order chi connectivity index (χ1) is 14.8. The third-order valence-electron chi connectivity index (χ3n) is 5.57. The number of nitrogens with zero attached hydrogens (tertiary/aromatic N) is 4. The van der Waals surface area contributed by atoms with Crippen molar-refractivity contribution in [2.45, 2.75) is 51.9 Å². The van der Waals surface area contributed by atoms with Crippen molar-refractivity contribution in [3.05, 3.63) is 46.0 Å². The van der Waals surface area contributed by atoms with Crippen molar-refractivity contribution in [3.8, 4) is 11.8 Å². The van der Waals surface area contributed by atoms with Gasteiger partial charge in [0.25, 0.3) is 5.91 Å². The Labute approximate surface area is 200 Å². The maximum atomic E-state index is 13.6. The number of anilines is 1. The largest absolute Gasteiger partial charge is 0.495 e. The van der Waals surface area contributed by atoms with Crippen LogP contribution >= 0.6 is 23.2 Å². The number of methoxy groups -OCH3 is 1. The van der Waals surface area contributed by atoms with Gasteiger partial charge in [-0.1, -0.05) is 44.0 Å². The van der Waals surface area contributed by atoms with Crippen LogP contribution in [0.1, 0.15) is 43.6 Å². The van der Waals surface area contributed by atoms with Crippen molar-refractivity contribution < 1.29 is 14.0 Å². The summed E-state index contributed by atoms with van der Waals surface area (Å²) < 4.78 is 11.7. The first-order valence-electron chi connectivity index (χ1n) is 10.1. The summed E-state index contributed by atoms with van der Waals surface area (Å²) in [5, 5.41) is 9.41. The van der Waals surface area contributed by atoms with E-state index in [1.165, 1.54) is 18.3 Å². The van der Waals surface area contributed by atoms with Gasteiger partial charge in [0, 0.05) is 5.69 Å². The molecule has 1 amide bonds. The molecule has 1 aromatic carbocycles. The van der Waals surface area contributed by atoms with Gasteiger partial charge in [0.15, 0.2) is 8.32 Å². The second kappa shape index (κ2) is 10.2. The lowest BCUT2D eigenvalue weighted by atomic mass is 10.1. The van der Waals surface area contributed by atoms with Gasteiger partial charge in [0.2, 0.25) is 0 Å². The van der Waals surface area contributed by atoms with Gasteiger partial charge in [-0.05, 0) is 43.3 Å². The first-order valence-corrected chi connectivity index (χ1v) is 13.7. The molecule has 0 spiro atoms. The summed E-state index contributed by atoms with van der Waals surface area (Å²) in [6.07, 6.45) is 0.894. The van der Waals surface area contributed by atoms with Gasteiger partial charge < -0.3 is 14.1 Å². The molecule has 0 bridgehead atoms. The third kappa shape index (κ3) is 5.78. The molecule has 1 heterocycles. The highest BCUT2D eigenvalue weighted by Crippen LogP contribution is 2.37. The molecule has 32 heavy (non-hydrogen) atoms. The van der Waals surface area contributed by atoms with Crippen LogP contribution in [0.2, 0.25) is 28.4 Å². The molecule has 10 heteroatoms. The van der Waals surface area contributed by atoms with Gasteiger partial charge in [-0.2, -0.15) is 5.26 Å². The lowest BCUT2D eigenvalue weighted by Gasteiger charge is -2.39. The van der Waals surface area contributed by atoms with E-state index in [4.69, 9.17) is 32.4 Å². The number of carbonyl (C=O) groups excluding carboxylic acids is 1. The molecule has 0 saturated heterocycles. The van der Waals surface area contributed by atoms with Gasteiger partial charge in [-0.3, -0.25) is 4.79 Å². The van der Waals surface area contributed by atoms with Gasteiger partial charge >= 0.3 is 0 Å². The number of carbonyl (C=O) groups is 1. The number of nitriles is 1. The zero-order valence-electron chi connectivity index (χ0n) is 19.4. The maximum absolute atomic E-state index is 13.6. The Morgan fingerprint density at radius 1 is 1.25 bits per heavy atom. The molecule has 0 aliphatic heterocycles. The van der Waals surface area contributed by atoms with Crippen LogP contribution in [0.25, 0.3) is 0 Å². The predicted octanol–water partition coefficient (Wildman–Crippen LogP) is 5.72. The van der Waals surface area contributed by atoms with E-state index in [-0.39, 0.29) is 33.6 Å². The van der Waals surface area contributed by atoms with E-state index in [2.05, 4.69) is 49.9 Å². The van der Waals surface area contributed by atoms with Gasteiger partial charge in [0.1, 0.15) is 34.0 Å². The summed E-state index contributed by atoms with van der Waals surface area (Å²) in [5.74, 6) is -0.0753. The Kier molecular flexibility index (Phi) is 8.29. The molecule has 0 fully saturated rings. The molecule has 2 rings (SSSR count). The van der Waals surface area contributed by atoms with Gasteiger partial charge in [0.05, 0.1) is 25.3 Å². The number of ether oxygens (including phenoxy) is 1. The van der Waals surface area contributed by atoms with Gasteiger partial charge in [-0.25, -0.2) is 9.97 Å². The van der Waals surface area contributed by atoms with E-state index >= 15 is 0 Å². The minimum Gasteiger partial charge on any atom is -0.495 e. The summed E-state index contributed by atoms with van der Waals surface area (Å²) in [6, 6.07) is 7.01. The van der Waals surface area contributed by atoms with E-state index in [1.807, 2.05) is 6.92 Å². The summed E-state index contributed by atoms with van der Waals surface area (Å²) in [7, 11) is -0.610. The summed E-state index contributed by atoms with van der Waals surface area (Å²) in [6.45, 7) is 12.9. The number of amides is 1. The van der Waals surface area contributed by atoms with Crippen molar-refractivity contribution in [1.29, 1.82) is 5.26 Å². The Bertz CT molecular complexity index is 1010. The van der Waals surface area contributed by atoms with Crippen LogP contribution in [0.4, 0.5) is 5.69 Å². The smallest absolute Gasteiger partial charge is 0.264 e. The highest BCUT2D eigenvalue weighted by Gasteiger charge is 2.39. The van der Waals surface area contributed by atoms with Crippen molar-refractivity contribution >= 4 is 43.1 Å². The number of hydrogen-bond donors (Lipinski definition) is 0. The normalized spacial score (nSPS) is 12.8. The molecule has 0 radical (unpaired) electrons. The fraction of sp³-hybridized carbons (Fsp3) is 0.455. The van der Waals surface area contributed by atoms with E-state index in [0.717, 1.165) is 0 Å². The quantitative estimate of drug-likeness (QED) is 0.361. The second-order valence-corrected chi connectivity index (χ2v) is 14.4. The maximum Gasteiger partial charge on any atom is 0.264 e. The fourth-order valence-electron chi connectivity index (χ4n) is 2.89. The summed E-state index contributed by atoms with van der Waals surface area (Å²) in [5.41, 5.74) is 0.765. The fourth-order valence-corrected chi connectivity index (χ4v) is 4.80. The summed E-state index contributed by atoms with van der Waals surface area (Å²) in [4.78, 5) is 22.8. The monoisotopic (exact) mass is 494 g/mol. The molecule has 0 N–H and O–H groups in total. The lowest BCUT2D eigenvalue weighted by Crippen LogP contribution is -2.47. The minimum absolute atomic E-state index is 0.00404. The molecule has 1 atom stereocenters. The van der Waals surface area contributed by atoms with E-state index < -0.39 is 14.2 Å². The predicted molar refractivity (Wildman–Crippen MR) is 129 cm³/mol. The molecule has 1 unspecified atom stereocenters. The Morgan fingerprint density at radius 2 is 1.84 bits per heavy atom. The van der Waals surface area contributed by atoms with E-state index in [0.29, 0.717) is 17.0 Å². The summed E-state index contributed by atoms with van der Waals surface area (Å²) >= 11 is 12.4. The Hall–Kier alpha value is -2.18. The third-order valence-corrected chi connectivity index (χ3v) is 10.7. The molecule has 1 aromatic heterocycles. The van der Waals surface area contributed by atoms with E-state index in [1.54, 1.807) is 18.2 Å². The minimum atomic E-state index is -2.09. The zero-order chi connectivity index (χ0) is 24.3. The molecule has 0 aliphatic carbocycles. The van der Waals surface area contributed by atoms with Crippen LogP contribution in [-0.4, -0.2) is 44.0 Å². The lowest BCUT2D eigenvalue weighted by molar-refractivity contribution is 0.0969. The van der Waals surface area contributed by atoms with Gasteiger partial charge in [-0.15, -0.1) is 0 Å².